The third-order valence-corrected chi connectivity index (χ3v) is 3.23. The summed E-state index contributed by atoms with van der Waals surface area (Å²) in [4.78, 5) is 0. The number of benzene rings is 1. The van der Waals surface area contributed by atoms with Crippen LogP contribution in [0.4, 0.5) is 0 Å². The van der Waals surface area contributed by atoms with Gasteiger partial charge in [0.05, 0.1) is 5.02 Å². The van der Waals surface area contributed by atoms with Gasteiger partial charge in [-0.3, -0.25) is 0 Å². The third-order valence-electron chi connectivity index (χ3n) is 2.42. The van der Waals surface area contributed by atoms with E-state index in [0.29, 0.717) is 5.02 Å². The Bertz CT molecular complexity index is 346. The van der Waals surface area contributed by atoms with E-state index >= 15 is 0 Å². The Hall–Kier alpha value is -0.250. The zero-order valence-corrected chi connectivity index (χ0v) is 12.6. The minimum absolute atomic E-state index is 0.173. The zero-order chi connectivity index (χ0) is 12.7. The molecule has 1 unspecified atom stereocenters. The molecule has 1 N–H and O–H groups in total. The highest BCUT2D eigenvalue weighted by atomic mass is 79.9. The van der Waals surface area contributed by atoms with E-state index in [9.17, 15) is 0 Å². The summed E-state index contributed by atoms with van der Waals surface area (Å²) in [6.07, 6.45) is 2.30. The predicted octanol–water partition coefficient (Wildman–Crippen LogP) is 4.26. The number of nitrogens with one attached hydrogen (secondary N) is 1. The second-order valence-electron chi connectivity index (χ2n) is 3.91. The van der Waals surface area contributed by atoms with Crippen molar-refractivity contribution in [1.29, 1.82) is 0 Å². The lowest BCUT2D eigenvalue weighted by Crippen LogP contribution is -2.31. The van der Waals surface area contributed by atoms with Crippen LogP contribution in [-0.4, -0.2) is 19.2 Å². The summed E-state index contributed by atoms with van der Waals surface area (Å²) in [6, 6.07) is 5.67. The van der Waals surface area contributed by atoms with Crippen molar-refractivity contribution in [2.75, 3.05) is 13.1 Å². The zero-order valence-electron chi connectivity index (χ0n) is 10.3. The molecular formula is C13H19BrClNO. The summed E-state index contributed by atoms with van der Waals surface area (Å²) >= 11 is 9.53. The van der Waals surface area contributed by atoms with Crippen LogP contribution in [0.15, 0.2) is 22.7 Å². The number of hydrogen-bond donors (Lipinski definition) is 1. The maximum Gasteiger partial charge on any atom is 0.139 e. The second kappa shape index (κ2) is 7.96. The van der Waals surface area contributed by atoms with Crippen LogP contribution in [-0.2, 0) is 0 Å². The molecule has 0 aliphatic carbocycles. The monoisotopic (exact) mass is 319 g/mol. The summed E-state index contributed by atoms with van der Waals surface area (Å²) in [6.45, 7) is 6.06. The Morgan fingerprint density at radius 1 is 1.41 bits per heavy atom. The van der Waals surface area contributed by atoms with Crippen molar-refractivity contribution in [2.24, 2.45) is 0 Å². The number of hydrogen-bond acceptors (Lipinski definition) is 2. The Kier molecular flexibility index (Phi) is 6.93. The molecule has 1 aromatic carbocycles. The van der Waals surface area contributed by atoms with Crippen LogP contribution in [0.1, 0.15) is 26.7 Å². The maximum absolute atomic E-state index is 6.11. The van der Waals surface area contributed by atoms with E-state index < -0.39 is 0 Å². The molecule has 0 aliphatic rings. The van der Waals surface area contributed by atoms with E-state index in [1.54, 1.807) is 0 Å². The van der Waals surface area contributed by atoms with Crippen LogP contribution in [0.5, 0.6) is 5.75 Å². The maximum atomic E-state index is 6.11. The molecule has 1 atom stereocenters. The first kappa shape index (κ1) is 14.8. The molecule has 0 bridgehead atoms. The van der Waals surface area contributed by atoms with Gasteiger partial charge in [0.15, 0.2) is 0 Å². The predicted molar refractivity (Wildman–Crippen MR) is 77.0 cm³/mol. The number of ether oxygens (including phenoxy) is 1. The van der Waals surface area contributed by atoms with Crippen molar-refractivity contribution in [3.63, 3.8) is 0 Å². The van der Waals surface area contributed by atoms with Crippen LogP contribution in [0, 0.1) is 0 Å². The van der Waals surface area contributed by atoms with Gasteiger partial charge < -0.3 is 10.1 Å². The number of halogens is 2. The quantitative estimate of drug-likeness (QED) is 0.810. The molecule has 0 saturated heterocycles. The minimum Gasteiger partial charge on any atom is -0.488 e. The molecule has 0 fully saturated rings. The van der Waals surface area contributed by atoms with Gasteiger partial charge >= 0.3 is 0 Å². The standard InChI is InChI=1S/C13H19BrClNO/c1-3-5-11(9-16-4-2)17-13-8-10(14)6-7-12(13)15/h6-8,11,16H,3-5,9H2,1-2H3. The van der Waals surface area contributed by atoms with Crippen LogP contribution < -0.4 is 10.1 Å². The first-order chi connectivity index (χ1) is 8.17. The molecule has 0 saturated carbocycles. The van der Waals surface area contributed by atoms with Crippen LogP contribution in [0.2, 0.25) is 5.02 Å². The molecule has 0 amide bonds. The molecule has 96 valence electrons. The average molecular weight is 321 g/mol. The number of likely N-dealkylation sites (N-methyl/N-ethyl adjacent to an activating group) is 1. The summed E-state index contributed by atoms with van der Waals surface area (Å²) < 4.78 is 6.93. The second-order valence-corrected chi connectivity index (χ2v) is 5.23. The molecule has 2 nitrogen and oxygen atoms in total. The average Bonchev–Trinajstić information content (AvgIpc) is 2.31. The fourth-order valence-corrected chi connectivity index (χ4v) is 2.08. The number of rotatable bonds is 7. The summed E-state index contributed by atoms with van der Waals surface area (Å²) in [7, 11) is 0. The highest BCUT2D eigenvalue weighted by Gasteiger charge is 2.11. The molecule has 1 rings (SSSR count). The SMILES string of the molecule is CCCC(CNCC)Oc1cc(Br)ccc1Cl. The molecular weight excluding hydrogens is 302 g/mol. The topological polar surface area (TPSA) is 21.3 Å². The summed E-state index contributed by atoms with van der Waals surface area (Å²) in [5, 5.41) is 3.97. The van der Waals surface area contributed by atoms with Crippen molar-refractivity contribution < 1.29 is 4.74 Å². The molecule has 0 spiro atoms. The first-order valence-electron chi connectivity index (χ1n) is 5.99. The fourth-order valence-electron chi connectivity index (χ4n) is 1.58. The molecule has 17 heavy (non-hydrogen) atoms. The molecule has 0 aliphatic heterocycles. The lowest BCUT2D eigenvalue weighted by Gasteiger charge is -2.19. The summed E-state index contributed by atoms with van der Waals surface area (Å²) in [5.41, 5.74) is 0. The highest BCUT2D eigenvalue weighted by Crippen LogP contribution is 2.29. The van der Waals surface area contributed by atoms with Gasteiger partial charge in [0.2, 0.25) is 0 Å². The van der Waals surface area contributed by atoms with Gasteiger partial charge in [-0.2, -0.15) is 0 Å². The smallest absolute Gasteiger partial charge is 0.139 e. The van der Waals surface area contributed by atoms with Gasteiger partial charge in [-0.05, 0) is 31.2 Å². The third kappa shape index (κ3) is 5.28. The van der Waals surface area contributed by atoms with Gasteiger partial charge in [0.25, 0.3) is 0 Å². The Labute approximate surface area is 117 Å². The van der Waals surface area contributed by atoms with Crippen molar-refractivity contribution in [3.8, 4) is 5.75 Å². The van der Waals surface area contributed by atoms with E-state index in [2.05, 4.69) is 35.1 Å². The Balaban J connectivity index is 2.67. The van der Waals surface area contributed by atoms with E-state index in [1.807, 2.05) is 18.2 Å². The van der Waals surface area contributed by atoms with E-state index in [-0.39, 0.29) is 6.10 Å². The van der Waals surface area contributed by atoms with Gasteiger partial charge in [-0.15, -0.1) is 0 Å². The Morgan fingerprint density at radius 2 is 2.18 bits per heavy atom. The van der Waals surface area contributed by atoms with Crippen LogP contribution in [0.3, 0.4) is 0 Å². The van der Waals surface area contributed by atoms with Gasteiger partial charge in [0, 0.05) is 11.0 Å². The molecule has 4 heteroatoms. The van der Waals surface area contributed by atoms with Gasteiger partial charge in [0.1, 0.15) is 11.9 Å². The van der Waals surface area contributed by atoms with Crippen LogP contribution in [0.25, 0.3) is 0 Å². The van der Waals surface area contributed by atoms with Gasteiger partial charge in [-0.1, -0.05) is 47.8 Å². The first-order valence-corrected chi connectivity index (χ1v) is 7.16. The van der Waals surface area contributed by atoms with E-state index in [4.69, 9.17) is 16.3 Å². The molecule has 0 aromatic heterocycles. The summed E-state index contributed by atoms with van der Waals surface area (Å²) in [5.74, 6) is 0.748. The Morgan fingerprint density at radius 3 is 2.82 bits per heavy atom. The normalized spacial score (nSPS) is 12.5. The molecule has 0 heterocycles. The molecule has 1 aromatic rings. The minimum atomic E-state index is 0.173. The van der Waals surface area contributed by atoms with Crippen molar-refractivity contribution in [3.05, 3.63) is 27.7 Å². The lowest BCUT2D eigenvalue weighted by molar-refractivity contribution is 0.187. The van der Waals surface area contributed by atoms with Crippen molar-refractivity contribution >= 4 is 27.5 Å². The highest BCUT2D eigenvalue weighted by molar-refractivity contribution is 9.10. The van der Waals surface area contributed by atoms with Crippen molar-refractivity contribution in [1.82, 2.24) is 5.32 Å². The largest absolute Gasteiger partial charge is 0.488 e. The van der Waals surface area contributed by atoms with E-state index in [1.165, 1.54) is 0 Å². The van der Waals surface area contributed by atoms with Crippen molar-refractivity contribution in [2.45, 2.75) is 32.8 Å². The van der Waals surface area contributed by atoms with E-state index in [0.717, 1.165) is 36.2 Å². The van der Waals surface area contributed by atoms with Crippen LogP contribution >= 0.6 is 27.5 Å². The lowest BCUT2D eigenvalue weighted by atomic mass is 10.2. The fraction of sp³-hybridized carbons (Fsp3) is 0.538. The van der Waals surface area contributed by atoms with Gasteiger partial charge in [-0.25, -0.2) is 0 Å². The molecule has 0 radical (unpaired) electrons.